The molecule has 0 saturated heterocycles. The van der Waals surface area contributed by atoms with Gasteiger partial charge in [-0.05, 0) is 30.3 Å². The fourth-order valence-electron chi connectivity index (χ4n) is 2.66. The molecule has 0 aliphatic carbocycles. The Kier molecular flexibility index (Phi) is 4.43. The number of ether oxygens (including phenoxy) is 3. The summed E-state index contributed by atoms with van der Waals surface area (Å²) in [5.74, 6) is 0.772. The van der Waals surface area contributed by atoms with E-state index in [2.05, 4.69) is 4.98 Å². The normalized spacial score (nSPS) is 10.5. The van der Waals surface area contributed by atoms with Crippen LogP contribution in [0.5, 0.6) is 17.2 Å². The van der Waals surface area contributed by atoms with Crippen LogP contribution in [0.15, 0.2) is 42.5 Å². The summed E-state index contributed by atoms with van der Waals surface area (Å²) in [7, 11) is 4.66. The molecule has 0 radical (unpaired) electrons. The Morgan fingerprint density at radius 1 is 0.920 bits per heavy atom. The molecule has 1 heterocycles. The standard InChI is InChI=1S/C19H17NO5/c1-23-11-4-6-13-15(19(21)22)10-17(20-16(13)8-11)14-7-5-12(24-2)9-18(14)25-3/h4-10H,1-3H3,(H,21,22). The Morgan fingerprint density at radius 3 is 2.24 bits per heavy atom. The minimum Gasteiger partial charge on any atom is -0.497 e. The van der Waals surface area contributed by atoms with Crippen molar-refractivity contribution in [2.24, 2.45) is 0 Å². The number of rotatable bonds is 5. The summed E-state index contributed by atoms with van der Waals surface area (Å²) in [6.07, 6.45) is 0. The molecule has 0 aliphatic rings. The third-order valence-corrected chi connectivity index (χ3v) is 3.93. The van der Waals surface area contributed by atoms with E-state index in [1.165, 1.54) is 0 Å². The smallest absolute Gasteiger partial charge is 0.336 e. The number of carboxylic acids is 1. The van der Waals surface area contributed by atoms with Crippen LogP contribution in [-0.2, 0) is 0 Å². The van der Waals surface area contributed by atoms with E-state index < -0.39 is 5.97 Å². The highest BCUT2D eigenvalue weighted by molar-refractivity contribution is 6.04. The van der Waals surface area contributed by atoms with Crippen molar-refractivity contribution in [2.45, 2.75) is 0 Å². The van der Waals surface area contributed by atoms with Gasteiger partial charge in [-0.2, -0.15) is 0 Å². The number of nitrogens with zero attached hydrogens (tertiary/aromatic N) is 1. The SMILES string of the molecule is COc1ccc(-c2cc(C(=O)O)c3ccc(OC)cc3n2)c(OC)c1. The molecule has 1 N–H and O–H groups in total. The van der Waals surface area contributed by atoms with Crippen LogP contribution in [0.1, 0.15) is 10.4 Å². The lowest BCUT2D eigenvalue weighted by Crippen LogP contribution is -2.01. The summed E-state index contributed by atoms with van der Waals surface area (Å²) in [4.78, 5) is 16.3. The molecule has 0 saturated carbocycles. The highest BCUT2D eigenvalue weighted by atomic mass is 16.5. The van der Waals surface area contributed by atoms with Gasteiger partial charge in [0, 0.05) is 23.1 Å². The molecule has 3 aromatic rings. The first-order valence-corrected chi connectivity index (χ1v) is 7.52. The largest absolute Gasteiger partial charge is 0.497 e. The number of benzene rings is 2. The topological polar surface area (TPSA) is 77.9 Å². The van der Waals surface area contributed by atoms with Gasteiger partial charge in [-0.15, -0.1) is 0 Å². The van der Waals surface area contributed by atoms with E-state index in [9.17, 15) is 9.90 Å². The van der Waals surface area contributed by atoms with Crippen LogP contribution in [0.3, 0.4) is 0 Å². The Morgan fingerprint density at radius 2 is 1.60 bits per heavy atom. The summed E-state index contributed by atoms with van der Waals surface area (Å²) in [6.45, 7) is 0. The highest BCUT2D eigenvalue weighted by Gasteiger charge is 2.16. The predicted molar refractivity (Wildman–Crippen MR) is 93.8 cm³/mol. The van der Waals surface area contributed by atoms with Crippen LogP contribution in [0, 0.1) is 0 Å². The van der Waals surface area contributed by atoms with Gasteiger partial charge in [0.15, 0.2) is 0 Å². The van der Waals surface area contributed by atoms with Gasteiger partial charge >= 0.3 is 5.97 Å². The lowest BCUT2D eigenvalue weighted by Gasteiger charge is -2.12. The molecule has 0 fully saturated rings. The number of aromatic carboxylic acids is 1. The molecule has 2 aromatic carbocycles. The maximum atomic E-state index is 11.7. The summed E-state index contributed by atoms with van der Waals surface area (Å²) in [5.41, 5.74) is 1.88. The summed E-state index contributed by atoms with van der Waals surface area (Å²) in [5, 5.41) is 10.1. The van der Waals surface area contributed by atoms with Gasteiger partial charge in [-0.3, -0.25) is 0 Å². The van der Waals surface area contributed by atoms with E-state index >= 15 is 0 Å². The lowest BCUT2D eigenvalue weighted by atomic mass is 10.0. The monoisotopic (exact) mass is 339 g/mol. The van der Waals surface area contributed by atoms with Gasteiger partial charge in [-0.25, -0.2) is 9.78 Å². The molecular weight excluding hydrogens is 322 g/mol. The van der Waals surface area contributed by atoms with Crippen molar-refractivity contribution in [3.63, 3.8) is 0 Å². The Labute approximate surface area is 144 Å². The molecule has 128 valence electrons. The third-order valence-electron chi connectivity index (χ3n) is 3.93. The molecule has 6 heteroatoms. The molecule has 0 unspecified atom stereocenters. The van der Waals surface area contributed by atoms with Gasteiger partial charge in [0.2, 0.25) is 0 Å². The number of carboxylic acid groups (broad SMARTS) is 1. The summed E-state index contributed by atoms with van der Waals surface area (Å²) >= 11 is 0. The molecule has 0 amide bonds. The molecule has 1 aromatic heterocycles. The number of carbonyl (C=O) groups is 1. The van der Waals surface area contributed by atoms with E-state index in [-0.39, 0.29) is 5.56 Å². The van der Waals surface area contributed by atoms with E-state index in [1.54, 1.807) is 63.8 Å². The lowest BCUT2D eigenvalue weighted by molar-refractivity contribution is 0.0699. The number of fused-ring (bicyclic) bond motifs is 1. The quantitative estimate of drug-likeness (QED) is 0.765. The minimum atomic E-state index is -1.02. The van der Waals surface area contributed by atoms with Crippen molar-refractivity contribution in [3.05, 3.63) is 48.0 Å². The number of pyridine rings is 1. The van der Waals surface area contributed by atoms with E-state index in [0.717, 1.165) is 0 Å². The van der Waals surface area contributed by atoms with Gasteiger partial charge in [-0.1, -0.05) is 0 Å². The third kappa shape index (κ3) is 3.06. The molecule has 6 nitrogen and oxygen atoms in total. The molecule has 25 heavy (non-hydrogen) atoms. The van der Waals surface area contributed by atoms with Crippen LogP contribution >= 0.6 is 0 Å². The minimum absolute atomic E-state index is 0.167. The maximum absolute atomic E-state index is 11.7. The first-order chi connectivity index (χ1) is 12.1. The number of aromatic nitrogens is 1. The van der Waals surface area contributed by atoms with Gasteiger partial charge in [0.05, 0.1) is 38.1 Å². The van der Waals surface area contributed by atoms with Gasteiger partial charge in [0.1, 0.15) is 17.2 Å². The Hall–Kier alpha value is -3.28. The predicted octanol–water partition coefficient (Wildman–Crippen LogP) is 3.63. The molecule has 0 atom stereocenters. The molecular formula is C19H17NO5. The van der Waals surface area contributed by atoms with E-state index in [1.807, 2.05) is 0 Å². The fraction of sp³-hybridized carbons (Fsp3) is 0.158. The van der Waals surface area contributed by atoms with Crippen molar-refractivity contribution in [3.8, 4) is 28.5 Å². The second-order valence-electron chi connectivity index (χ2n) is 5.31. The average Bonchev–Trinajstić information content (AvgIpc) is 2.65. The summed E-state index contributed by atoms with van der Waals surface area (Å²) < 4.78 is 15.8. The molecule has 0 aliphatic heterocycles. The number of hydrogen-bond donors (Lipinski definition) is 1. The zero-order valence-corrected chi connectivity index (χ0v) is 14.1. The van der Waals surface area contributed by atoms with Crippen molar-refractivity contribution in [1.29, 1.82) is 0 Å². The van der Waals surface area contributed by atoms with Crippen molar-refractivity contribution in [2.75, 3.05) is 21.3 Å². The molecule has 0 spiro atoms. The first kappa shape index (κ1) is 16.6. The van der Waals surface area contributed by atoms with Crippen LogP contribution in [0.25, 0.3) is 22.2 Å². The maximum Gasteiger partial charge on any atom is 0.336 e. The van der Waals surface area contributed by atoms with Gasteiger partial charge < -0.3 is 19.3 Å². The fourth-order valence-corrected chi connectivity index (χ4v) is 2.66. The molecule has 0 bridgehead atoms. The van der Waals surface area contributed by atoms with Crippen LogP contribution in [0.2, 0.25) is 0 Å². The second-order valence-corrected chi connectivity index (χ2v) is 5.31. The van der Waals surface area contributed by atoms with Crippen LogP contribution in [-0.4, -0.2) is 37.4 Å². The van der Waals surface area contributed by atoms with E-state index in [4.69, 9.17) is 14.2 Å². The Balaban J connectivity index is 2.27. The molecule has 3 rings (SSSR count). The second kappa shape index (κ2) is 6.68. The van der Waals surface area contributed by atoms with Crippen LogP contribution < -0.4 is 14.2 Å². The number of hydrogen-bond acceptors (Lipinski definition) is 5. The highest BCUT2D eigenvalue weighted by Crippen LogP contribution is 2.34. The average molecular weight is 339 g/mol. The van der Waals surface area contributed by atoms with Crippen LogP contribution in [0.4, 0.5) is 0 Å². The van der Waals surface area contributed by atoms with Crippen molar-refractivity contribution < 1.29 is 24.1 Å². The van der Waals surface area contributed by atoms with Crippen molar-refractivity contribution >= 4 is 16.9 Å². The van der Waals surface area contributed by atoms with E-state index in [0.29, 0.717) is 39.4 Å². The zero-order chi connectivity index (χ0) is 18.0. The van der Waals surface area contributed by atoms with Crippen molar-refractivity contribution in [1.82, 2.24) is 4.98 Å². The zero-order valence-electron chi connectivity index (χ0n) is 14.1. The number of methoxy groups -OCH3 is 3. The first-order valence-electron chi connectivity index (χ1n) is 7.52. The van der Waals surface area contributed by atoms with Gasteiger partial charge in [0.25, 0.3) is 0 Å². The Bertz CT molecular complexity index is 952. The summed E-state index contributed by atoms with van der Waals surface area (Å²) in [6, 6.07) is 12.0.